The number of carboxylic acid groups (broad SMARTS) is 1. The first-order valence-corrected chi connectivity index (χ1v) is 5.35. The van der Waals surface area contributed by atoms with Crippen LogP contribution in [0.15, 0.2) is 24.3 Å². The van der Waals surface area contributed by atoms with Crippen molar-refractivity contribution in [3.8, 4) is 0 Å². The van der Waals surface area contributed by atoms with Crippen molar-refractivity contribution < 1.29 is 14.3 Å². The summed E-state index contributed by atoms with van der Waals surface area (Å²) in [5, 5.41) is 11.7. The Morgan fingerprint density at radius 3 is 2.81 bits per heavy atom. The SMILES string of the molecule is O=C(O)CCNC1(c2cccc(F)c2)CC1. The molecule has 2 N–H and O–H groups in total. The van der Waals surface area contributed by atoms with Crippen molar-refractivity contribution in [2.75, 3.05) is 6.54 Å². The van der Waals surface area contributed by atoms with E-state index in [2.05, 4.69) is 5.32 Å². The molecule has 86 valence electrons. The van der Waals surface area contributed by atoms with E-state index in [1.165, 1.54) is 12.1 Å². The summed E-state index contributed by atoms with van der Waals surface area (Å²) >= 11 is 0. The third kappa shape index (κ3) is 2.39. The van der Waals surface area contributed by atoms with Gasteiger partial charge >= 0.3 is 5.97 Å². The fourth-order valence-corrected chi connectivity index (χ4v) is 1.89. The Kier molecular flexibility index (Phi) is 2.92. The number of carboxylic acids is 1. The quantitative estimate of drug-likeness (QED) is 0.801. The van der Waals surface area contributed by atoms with Gasteiger partial charge in [0, 0.05) is 12.1 Å². The summed E-state index contributed by atoms with van der Waals surface area (Å²) < 4.78 is 13.1. The average molecular weight is 223 g/mol. The zero-order chi connectivity index (χ0) is 11.6. The van der Waals surface area contributed by atoms with Crippen LogP contribution in [-0.4, -0.2) is 17.6 Å². The van der Waals surface area contributed by atoms with E-state index >= 15 is 0 Å². The number of nitrogens with one attached hydrogen (secondary N) is 1. The van der Waals surface area contributed by atoms with Gasteiger partial charge in [-0.25, -0.2) is 4.39 Å². The molecule has 4 heteroatoms. The van der Waals surface area contributed by atoms with Crippen LogP contribution in [-0.2, 0) is 10.3 Å². The van der Waals surface area contributed by atoms with Crippen LogP contribution < -0.4 is 5.32 Å². The summed E-state index contributed by atoms with van der Waals surface area (Å²) in [6.07, 6.45) is 1.98. The van der Waals surface area contributed by atoms with Gasteiger partial charge in [0.25, 0.3) is 0 Å². The first-order chi connectivity index (χ1) is 7.62. The number of aliphatic carboxylic acids is 1. The third-order valence-corrected chi connectivity index (χ3v) is 2.93. The third-order valence-electron chi connectivity index (χ3n) is 2.93. The predicted molar refractivity (Wildman–Crippen MR) is 57.6 cm³/mol. The van der Waals surface area contributed by atoms with Crippen LogP contribution in [0.3, 0.4) is 0 Å². The minimum atomic E-state index is -0.817. The van der Waals surface area contributed by atoms with Crippen molar-refractivity contribution in [2.24, 2.45) is 0 Å². The molecule has 2 rings (SSSR count). The largest absolute Gasteiger partial charge is 0.481 e. The number of carbonyl (C=O) groups is 1. The Balaban J connectivity index is 2.00. The molecule has 1 aromatic carbocycles. The highest BCUT2D eigenvalue weighted by atomic mass is 19.1. The predicted octanol–water partition coefficient (Wildman–Crippen LogP) is 1.88. The standard InChI is InChI=1S/C12H14FNO2/c13-10-3-1-2-9(8-10)12(5-6-12)14-7-4-11(15)16/h1-3,8,14H,4-7H2,(H,15,16). The summed E-state index contributed by atoms with van der Waals surface area (Å²) in [5.74, 6) is -1.06. The maximum Gasteiger partial charge on any atom is 0.304 e. The van der Waals surface area contributed by atoms with Gasteiger partial charge in [0.05, 0.1) is 6.42 Å². The Morgan fingerprint density at radius 2 is 2.25 bits per heavy atom. The number of halogens is 1. The molecule has 16 heavy (non-hydrogen) atoms. The molecule has 0 aromatic heterocycles. The fraction of sp³-hybridized carbons (Fsp3) is 0.417. The van der Waals surface area contributed by atoms with Gasteiger partial charge in [0.2, 0.25) is 0 Å². The first-order valence-electron chi connectivity index (χ1n) is 5.35. The van der Waals surface area contributed by atoms with E-state index in [-0.39, 0.29) is 17.8 Å². The molecular weight excluding hydrogens is 209 g/mol. The maximum atomic E-state index is 13.1. The number of hydrogen-bond donors (Lipinski definition) is 2. The lowest BCUT2D eigenvalue weighted by Crippen LogP contribution is -2.30. The van der Waals surface area contributed by atoms with E-state index in [1.807, 2.05) is 6.07 Å². The molecule has 0 bridgehead atoms. The van der Waals surface area contributed by atoms with Crippen molar-refractivity contribution in [3.63, 3.8) is 0 Å². The molecule has 1 saturated carbocycles. The molecule has 0 heterocycles. The average Bonchev–Trinajstić information content (AvgIpc) is 2.98. The molecule has 1 fully saturated rings. The van der Waals surface area contributed by atoms with Gasteiger partial charge in [0.15, 0.2) is 0 Å². The lowest BCUT2D eigenvalue weighted by molar-refractivity contribution is -0.136. The highest BCUT2D eigenvalue weighted by Gasteiger charge is 2.43. The molecule has 0 atom stereocenters. The van der Waals surface area contributed by atoms with E-state index in [0.29, 0.717) is 6.54 Å². The van der Waals surface area contributed by atoms with Crippen molar-refractivity contribution in [2.45, 2.75) is 24.8 Å². The molecule has 1 aromatic rings. The van der Waals surface area contributed by atoms with Crippen LogP contribution in [0.2, 0.25) is 0 Å². The first kappa shape index (κ1) is 11.1. The minimum Gasteiger partial charge on any atom is -0.481 e. The second-order valence-corrected chi connectivity index (χ2v) is 4.16. The molecule has 0 spiro atoms. The second kappa shape index (κ2) is 4.22. The molecule has 0 amide bonds. The van der Waals surface area contributed by atoms with Gasteiger partial charge in [-0.3, -0.25) is 4.79 Å². The smallest absolute Gasteiger partial charge is 0.304 e. The maximum absolute atomic E-state index is 13.1. The molecular formula is C12H14FNO2. The van der Waals surface area contributed by atoms with E-state index in [1.54, 1.807) is 6.07 Å². The molecule has 0 saturated heterocycles. The fourth-order valence-electron chi connectivity index (χ4n) is 1.89. The van der Waals surface area contributed by atoms with Crippen LogP contribution in [0.5, 0.6) is 0 Å². The second-order valence-electron chi connectivity index (χ2n) is 4.16. The van der Waals surface area contributed by atoms with E-state index in [9.17, 15) is 9.18 Å². The zero-order valence-electron chi connectivity index (χ0n) is 8.87. The molecule has 3 nitrogen and oxygen atoms in total. The molecule has 1 aliphatic rings. The topological polar surface area (TPSA) is 49.3 Å². The molecule has 0 radical (unpaired) electrons. The Hall–Kier alpha value is -1.42. The van der Waals surface area contributed by atoms with Crippen LogP contribution in [0.1, 0.15) is 24.8 Å². The van der Waals surface area contributed by atoms with Crippen LogP contribution >= 0.6 is 0 Å². The minimum absolute atomic E-state index is 0.0943. The molecule has 0 aliphatic heterocycles. The van der Waals surface area contributed by atoms with Crippen molar-refractivity contribution in [3.05, 3.63) is 35.6 Å². The Labute approximate surface area is 93.3 Å². The summed E-state index contributed by atoms with van der Waals surface area (Å²) in [4.78, 5) is 10.4. The van der Waals surface area contributed by atoms with Gasteiger partial charge < -0.3 is 10.4 Å². The summed E-state index contributed by atoms with van der Waals surface area (Å²) in [6, 6.07) is 6.49. The molecule has 0 unspecified atom stereocenters. The highest BCUT2D eigenvalue weighted by Crippen LogP contribution is 2.45. The van der Waals surface area contributed by atoms with Gasteiger partial charge in [-0.2, -0.15) is 0 Å². The van der Waals surface area contributed by atoms with Gasteiger partial charge in [-0.15, -0.1) is 0 Å². The van der Waals surface area contributed by atoms with Gasteiger partial charge in [0.1, 0.15) is 5.82 Å². The van der Waals surface area contributed by atoms with Crippen molar-refractivity contribution in [1.82, 2.24) is 5.32 Å². The lowest BCUT2D eigenvalue weighted by Gasteiger charge is -2.17. The van der Waals surface area contributed by atoms with Crippen LogP contribution in [0, 0.1) is 5.82 Å². The van der Waals surface area contributed by atoms with Gasteiger partial charge in [-0.1, -0.05) is 12.1 Å². The van der Waals surface area contributed by atoms with E-state index in [4.69, 9.17) is 5.11 Å². The summed E-state index contributed by atoms with van der Waals surface area (Å²) in [6.45, 7) is 0.422. The highest BCUT2D eigenvalue weighted by molar-refractivity contribution is 5.66. The number of rotatable bonds is 5. The van der Waals surface area contributed by atoms with E-state index in [0.717, 1.165) is 18.4 Å². The van der Waals surface area contributed by atoms with Crippen LogP contribution in [0.25, 0.3) is 0 Å². The Morgan fingerprint density at radius 1 is 1.50 bits per heavy atom. The normalized spacial score (nSPS) is 17.1. The summed E-state index contributed by atoms with van der Waals surface area (Å²) in [7, 11) is 0. The van der Waals surface area contributed by atoms with Crippen LogP contribution in [0.4, 0.5) is 4.39 Å². The lowest BCUT2D eigenvalue weighted by atomic mass is 10.0. The monoisotopic (exact) mass is 223 g/mol. The molecule has 1 aliphatic carbocycles. The van der Waals surface area contributed by atoms with Crippen molar-refractivity contribution in [1.29, 1.82) is 0 Å². The zero-order valence-corrected chi connectivity index (χ0v) is 8.87. The van der Waals surface area contributed by atoms with E-state index < -0.39 is 5.97 Å². The van der Waals surface area contributed by atoms with Gasteiger partial charge in [-0.05, 0) is 30.5 Å². The summed E-state index contributed by atoms with van der Waals surface area (Å²) in [5.41, 5.74) is 0.732. The number of hydrogen-bond acceptors (Lipinski definition) is 2. The van der Waals surface area contributed by atoms with Crippen molar-refractivity contribution >= 4 is 5.97 Å². The Bertz CT molecular complexity index is 402. The number of benzene rings is 1.